The van der Waals surface area contributed by atoms with Crippen LogP contribution in [-0.4, -0.2) is 96.7 Å². The summed E-state index contributed by atoms with van der Waals surface area (Å²) in [5.41, 5.74) is 0. The maximum Gasteiger partial charge on any atom is 0.472 e. The van der Waals surface area contributed by atoms with Gasteiger partial charge in [-0.05, 0) is 49.4 Å². The van der Waals surface area contributed by atoms with Crippen LogP contribution in [0.5, 0.6) is 0 Å². The van der Waals surface area contributed by atoms with Crippen molar-refractivity contribution in [2.45, 2.75) is 440 Å². The van der Waals surface area contributed by atoms with Crippen molar-refractivity contribution < 1.29 is 80.2 Å². The summed E-state index contributed by atoms with van der Waals surface area (Å²) < 4.78 is 68.8. The molecule has 3 unspecified atom stereocenters. The highest BCUT2D eigenvalue weighted by Crippen LogP contribution is 2.45. The Kier molecular flexibility index (Phi) is 69.6. The Morgan fingerprint density at radius 2 is 0.416 bits per heavy atom. The number of esters is 4. The van der Waals surface area contributed by atoms with Crippen molar-refractivity contribution in [3.8, 4) is 0 Å². The van der Waals surface area contributed by atoms with Crippen LogP contribution in [-0.2, 0) is 65.4 Å². The number of unbranched alkanes of at least 4 members (excludes halogenated alkanes) is 45. The molecule has 19 heteroatoms. The number of phosphoric acid groups is 2. The Balaban J connectivity index is 5.24. The summed E-state index contributed by atoms with van der Waals surface area (Å²) in [4.78, 5) is 73.1. The van der Waals surface area contributed by atoms with Crippen LogP contribution >= 0.6 is 15.6 Å². The molecule has 0 amide bonds. The fourth-order valence-corrected chi connectivity index (χ4v) is 14.2. The molecule has 17 nitrogen and oxygen atoms in total. The highest BCUT2D eigenvalue weighted by atomic mass is 31.2. The Morgan fingerprint density at radius 1 is 0.248 bits per heavy atom. The molecule has 101 heavy (non-hydrogen) atoms. The average Bonchev–Trinajstić information content (AvgIpc) is 1.04. The van der Waals surface area contributed by atoms with Gasteiger partial charge >= 0.3 is 39.5 Å². The van der Waals surface area contributed by atoms with Crippen molar-refractivity contribution in [3.05, 3.63) is 0 Å². The lowest BCUT2D eigenvalue weighted by Gasteiger charge is -2.21. The molecule has 3 N–H and O–H groups in total. The molecule has 0 aromatic heterocycles. The molecule has 0 aliphatic heterocycles. The summed E-state index contributed by atoms with van der Waals surface area (Å²) in [5.74, 6) is 0.979. The van der Waals surface area contributed by atoms with Gasteiger partial charge in [-0.1, -0.05) is 370 Å². The van der Waals surface area contributed by atoms with Crippen molar-refractivity contribution in [3.63, 3.8) is 0 Å². The second-order valence-corrected chi connectivity index (χ2v) is 34.3. The van der Waals surface area contributed by atoms with Crippen molar-refractivity contribution in [1.29, 1.82) is 0 Å². The number of carbonyl (C=O) groups is 4. The van der Waals surface area contributed by atoms with Gasteiger partial charge < -0.3 is 33.8 Å². The molecule has 0 aliphatic carbocycles. The largest absolute Gasteiger partial charge is 0.472 e. The van der Waals surface area contributed by atoms with Gasteiger partial charge in [-0.15, -0.1) is 0 Å². The first-order chi connectivity index (χ1) is 48.6. The third kappa shape index (κ3) is 76.1. The van der Waals surface area contributed by atoms with E-state index in [1.165, 1.54) is 218 Å². The van der Waals surface area contributed by atoms with Crippen LogP contribution in [0, 0.1) is 23.7 Å². The van der Waals surface area contributed by atoms with Gasteiger partial charge in [-0.25, -0.2) is 9.13 Å². The van der Waals surface area contributed by atoms with Gasteiger partial charge in [0.15, 0.2) is 12.2 Å². The quantitative estimate of drug-likeness (QED) is 0.0222. The molecule has 0 aromatic rings. The summed E-state index contributed by atoms with van der Waals surface area (Å²) in [6.07, 6.45) is 58.3. The summed E-state index contributed by atoms with van der Waals surface area (Å²) in [6.45, 7) is 14.3. The van der Waals surface area contributed by atoms with Gasteiger partial charge in [0.25, 0.3) is 0 Å². The lowest BCUT2D eigenvalue weighted by atomic mass is 10.0. The number of aliphatic hydroxyl groups excluding tert-OH is 1. The third-order valence-corrected chi connectivity index (χ3v) is 21.0. The maximum absolute atomic E-state index is 13.1. The predicted octanol–water partition coefficient (Wildman–Crippen LogP) is 24.4. The van der Waals surface area contributed by atoms with E-state index in [2.05, 4.69) is 55.4 Å². The van der Waals surface area contributed by atoms with E-state index in [-0.39, 0.29) is 25.7 Å². The van der Waals surface area contributed by atoms with E-state index in [0.29, 0.717) is 31.6 Å². The van der Waals surface area contributed by atoms with E-state index < -0.39 is 97.5 Å². The second kappa shape index (κ2) is 71.0. The predicted molar refractivity (Wildman–Crippen MR) is 414 cm³/mol. The van der Waals surface area contributed by atoms with Gasteiger partial charge in [-0.2, -0.15) is 0 Å². The molecule has 0 spiro atoms. The molecular weight excluding hydrogens is 1320 g/mol. The number of hydrogen-bond acceptors (Lipinski definition) is 15. The topological polar surface area (TPSA) is 237 Å². The molecular formula is C82H160O17P2. The molecule has 0 radical (unpaired) electrons. The molecule has 0 saturated heterocycles. The minimum absolute atomic E-state index is 0.107. The summed E-state index contributed by atoms with van der Waals surface area (Å²) in [6, 6.07) is 0. The van der Waals surface area contributed by atoms with Gasteiger partial charge in [0.05, 0.1) is 26.4 Å². The Labute approximate surface area is 619 Å². The lowest BCUT2D eigenvalue weighted by Crippen LogP contribution is -2.30. The zero-order chi connectivity index (χ0) is 74.6. The SMILES string of the molecule is CC(C)CCCCCCCCCCCCCCCCCC(=O)O[C@H](COC(=O)CCCCCCCCCCCCCCC(C)C)COP(=O)(O)OCC(O)COP(=O)(O)OC[C@@H](COC(=O)CCCCCCCCCC(C)C)OC(=O)CCCCCCCCCCCCCCCCCC(C)C. The normalized spacial score (nSPS) is 14.0. The Hall–Kier alpha value is -1.94. The van der Waals surface area contributed by atoms with Crippen LogP contribution in [0.15, 0.2) is 0 Å². The first kappa shape index (κ1) is 99.1. The first-order valence-corrected chi connectivity index (χ1v) is 45.2. The number of aliphatic hydroxyl groups is 1. The van der Waals surface area contributed by atoms with Crippen molar-refractivity contribution in [1.82, 2.24) is 0 Å². The minimum Gasteiger partial charge on any atom is -0.462 e. The molecule has 0 heterocycles. The van der Waals surface area contributed by atoms with Crippen LogP contribution in [0.3, 0.4) is 0 Å². The summed E-state index contributed by atoms with van der Waals surface area (Å²) >= 11 is 0. The number of rotatable bonds is 79. The summed E-state index contributed by atoms with van der Waals surface area (Å²) in [7, 11) is -9.92. The molecule has 0 aliphatic rings. The standard InChI is InChI=1S/C82H160O17P2/c1-72(2)58-50-42-34-27-21-15-11-9-13-17-25-31-39-48-56-64-81(86)98-77(68-92-79(84)62-54-46-38-30-24-20-19-23-29-36-44-52-60-74(5)6)70-96-100(88,89)94-66-76(83)67-95-101(90,91)97-71-78(69-93-80(85)63-55-47-41-33-37-45-53-61-75(7)8)99-82(87)65-57-49-40-32-26-18-14-10-12-16-22-28-35-43-51-59-73(3)4/h72-78,83H,9-71H2,1-8H3,(H,88,89)(H,90,91)/t76?,77-,78-/m1/s1. The first-order valence-electron chi connectivity index (χ1n) is 42.2. The van der Waals surface area contributed by atoms with E-state index in [4.69, 9.17) is 37.0 Å². The van der Waals surface area contributed by atoms with Crippen molar-refractivity contribution in [2.24, 2.45) is 23.7 Å². The fraction of sp³-hybridized carbons (Fsp3) is 0.951. The minimum atomic E-state index is -4.96. The van der Waals surface area contributed by atoms with E-state index in [9.17, 15) is 43.2 Å². The van der Waals surface area contributed by atoms with Gasteiger partial charge in [-0.3, -0.25) is 37.3 Å². The number of phosphoric ester groups is 2. The highest BCUT2D eigenvalue weighted by molar-refractivity contribution is 7.47. The number of hydrogen-bond donors (Lipinski definition) is 3. The second-order valence-electron chi connectivity index (χ2n) is 31.4. The Morgan fingerprint density at radius 3 is 0.614 bits per heavy atom. The molecule has 5 atom stereocenters. The smallest absolute Gasteiger partial charge is 0.462 e. The van der Waals surface area contributed by atoms with Crippen LogP contribution in [0.2, 0.25) is 0 Å². The molecule has 0 fully saturated rings. The van der Waals surface area contributed by atoms with Gasteiger partial charge in [0.2, 0.25) is 0 Å². The molecule has 0 bridgehead atoms. The van der Waals surface area contributed by atoms with E-state index in [1.807, 2.05) is 0 Å². The maximum atomic E-state index is 13.1. The molecule has 0 aromatic carbocycles. The van der Waals surface area contributed by atoms with E-state index >= 15 is 0 Å². The fourth-order valence-electron chi connectivity index (χ4n) is 12.6. The highest BCUT2D eigenvalue weighted by Gasteiger charge is 2.30. The zero-order valence-corrected chi connectivity index (χ0v) is 68.3. The van der Waals surface area contributed by atoms with Crippen molar-refractivity contribution in [2.75, 3.05) is 39.6 Å². The lowest BCUT2D eigenvalue weighted by molar-refractivity contribution is -0.161. The van der Waals surface area contributed by atoms with Gasteiger partial charge in [0, 0.05) is 25.7 Å². The summed E-state index contributed by atoms with van der Waals surface area (Å²) in [5, 5.41) is 10.6. The monoisotopic (exact) mass is 1480 g/mol. The van der Waals surface area contributed by atoms with Crippen LogP contribution in [0.25, 0.3) is 0 Å². The van der Waals surface area contributed by atoms with Crippen molar-refractivity contribution >= 4 is 39.5 Å². The van der Waals surface area contributed by atoms with Crippen LogP contribution in [0.4, 0.5) is 0 Å². The van der Waals surface area contributed by atoms with Crippen LogP contribution in [0.1, 0.15) is 421 Å². The average molecular weight is 1480 g/mol. The zero-order valence-electron chi connectivity index (χ0n) is 66.5. The third-order valence-electron chi connectivity index (χ3n) is 19.1. The van der Waals surface area contributed by atoms with Crippen LogP contribution < -0.4 is 0 Å². The van der Waals surface area contributed by atoms with E-state index in [0.717, 1.165) is 114 Å². The number of ether oxygens (including phenoxy) is 4. The van der Waals surface area contributed by atoms with E-state index in [1.54, 1.807) is 0 Å². The molecule has 0 rings (SSSR count). The Bertz CT molecular complexity index is 1970. The molecule has 0 saturated carbocycles. The molecule has 600 valence electrons. The van der Waals surface area contributed by atoms with Gasteiger partial charge in [0.1, 0.15) is 19.3 Å². The number of carbonyl (C=O) groups excluding carboxylic acids is 4.